The summed E-state index contributed by atoms with van der Waals surface area (Å²) in [4.78, 5) is 11.2. The van der Waals surface area contributed by atoms with Crippen LogP contribution in [0, 0.1) is 17.3 Å². The van der Waals surface area contributed by atoms with Gasteiger partial charge in [0, 0.05) is 12.0 Å². The number of carboxylic acid groups (broad SMARTS) is 1. The van der Waals surface area contributed by atoms with Crippen LogP contribution in [0.25, 0.3) is 0 Å². The Hall–Kier alpha value is -0.216. The third kappa shape index (κ3) is 4.47. The minimum Gasteiger partial charge on any atom is -0.481 e. The van der Waals surface area contributed by atoms with Crippen LogP contribution < -0.4 is 5.73 Å². The van der Waals surface area contributed by atoms with Gasteiger partial charge in [0.2, 0.25) is 0 Å². The van der Waals surface area contributed by atoms with Gasteiger partial charge in [-0.25, -0.2) is 0 Å². The lowest BCUT2D eigenvalue weighted by molar-refractivity contribution is -0.151. The van der Waals surface area contributed by atoms with E-state index in [1.165, 1.54) is 0 Å². The van der Waals surface area contributed by atoms with Crippen molar-refractivity contribution < 1.29 is 18.8 Å². The molecular formula is C11H27NO4Si2. The molecule has 0 amide bonds. The second-order valence-electron chi connectivity index (χ2n) is 5.03. The first-order chi connectivity index (χ1) is 8.32. The van der Waals surface area contributed by atoms with E-state index < -0.39 is 31.4 Å². The molecule has 0 aliphatic carbocycles. The third-order valence-corrected chi connectivity index (χ3v) is 4.86. The third-order valence-electron chi connectivity index (χ3n) is 3.59. The molecule has 0 unspecified atom stereocenters. The van der Waals surface area contributed by atoms with Crippen molar-refractivity contribution in [1.82, 2.24) is 0 Å². The summed E-state index contributed by atoms with van der Waals surface area (Å²) in [6.45, 7) is 10.2. The van der Waals surface area contributed by atoms with Crippen molar-refractivity contribution in [2.45, 2.75) is 40.2 Å². The van der Waals surface area contributed by atoms with Gasteiger partial charge in [-0.15, -0.1) is 0 Å². The van der Waals surface area contributed by atoms with Crippen molar-refractivity contribution in [3.8, 4) is 0 Å². The highest BCUT2D eigenvalue weighted by molar-refractivity contribution is 6.26. The molecule has 0 bridgehead atoms. The van der Waals surface area contributed by atoms with Gasteiger partial charge in [0.25, 0.3) is 0 Å². The average Bonchev–Trinajstić information content (AvgIpc) is 2.29. The highest BCUT2D eigenvalue weighted by atomic mass is 28.2. The second-order valence-corrected chi connectivity index (χ2v) is 6.85. The Morgan fingerprint density at radius 2 is 1.78 bits per heavy atom. The van der Waals surface area contributed by atoms with Gasteiger partial charge in [-0.2, -0.15) is 0 Å². The van der Waals surface area contributed by atoms with Crippen molar-refractivity contribution >= 4 is 25.5 Å². The van der Waals surface area contributed by atoms with E-state index in [9.17, 15) is 9.90 Å². The van der Waals surface area contributed by atoms with Crippen molar-refractivity contribution in [3.63, 3.8) is 0 Å². The number of carbonyl (C=O) groups is 1. The molecule has 108 valence electrons. The van der Waals surface area contributed by atoms with E-state index in [1.807, 2.05) is 33.9 Å². The fourth-order valence-electron chi connectivity index (χ4n) is 2.03. The predicted octanol–water partition coefficient (Wildman–Crippen LogP) is -0.0687. The number of aliphatic carboxylic acids is 1. The highest BCUT2D eigenvalue weighted by Gasteiger charge is 2.41. The summed E-state index contributed by atoms with van der Waals surface area (Å²) < 4.78 is 11.5. The lowest BCUT2D eigenvalue weighted by Crippen LogP contribution is -2.46. The van der Waals surface area contributed by atoms with Crippen LogP contribution in [-0.4, -0.2) is 43.4 Å². The number of rotatable bonds is 9. The molecule has 0 spiro atoms. The Bertz CT molecular complexity index is 257. The quantitative estimate of drug-likeness (QED) is 0.459. The number of carboxylic acids is 1. The molecule has 3 N–H and O–H groups in total. The van der Waals surface area contributed by atoms with E-state index in [4.69, 9.17) is 14.6 Å². The van der Waals surface area contributed by atoms with E-state index in [2.05, 4.69) is 0 Å². The van der Waals surface area contributed by atoms with Gasteiger partial charge >= 0.3 is 5.97 Å². The molecule has 0 aliphatic heterocycles. The fourth-order valence-corrected chi connectivity index (χ4v) is 3.88. The normalized spacial score (nSPS) is 18.6. The monoisotopic (exact) mass is 293 g/mol. The topological polar surface area (TPSA) is 81.8 Å². The van der Waals surface area contributed by atoms with Crippen LogP contribution in [0.5, 0.6) is 0 Å². The molecule has 7 heteroatoms. The van der Waals surface area contributed by atoms with Gasteiger partial charge in [0.1, 0.15) is 6.29 Å². The van der Waals surface area contributed by atoms with E-state index in [0.29, 0.717) is 0 Å². The highest BCUT2D eigenvalue weighted by Crippen LogP contribution is 2.37. The van der Waals surface area contributed by atoms with E-state index in [-0.39, 0.29) is 24.2 Å². The summed E-state index contributed by atoms with van der Waals surface area (Å²) in [5, 5.41) is 9.20. The Kier molecular flexibility index (Phi) is 7.96. The lowest BCUT2D eigenvalue weighted by atomic mass is 9.72. The molecule has 0 fully saturated rings. The van der Waals surface area contributed by atoms with Crippen LogP contribution in [0.1, 0.15) is 20.8 Å². The smallest absolute Gasteiger partial charge is 0.308 e. The molecule has 5 nitrogen and oxygen atoms in total. The van der Waals surface area contributed by atoms with Crippen molar-refractivity contribution in [2.75, 3.05) is 6.54 Å². The fraction of sp³-hybridized carbons (Fsp3) is 0.909. The summed E-state index contributed by atoms with van der Waals surface area (Å²) >= 11 is 0. The van der Waals surface area contributed by atoms with Crippen LogP contribution in [0.2, 0.25) is 13.1 Å². The van der Waals surface area contributed by atoms with Gasteiger partial charge in [-0.05, 0) is 5.92 Å². The maximum Gasteiger partial charge on any atom is 0.308 e. The first-order valence-electron chi connectivity index (χ1n) is 6.48. The molecule has 0 aromatic carbocycles. The summed E-state index contributed by atoms with van der Waals surface area (Å²) in [7, 11) is -1.19. The Morgan fingerprint density at radius 1 is 1.33 bits per heavy atom. The number of hydrogen-bond donors (Lipinski definition) is 2. The van der Waals surface area contributed by atoms with Crippen LogP contribution in [-0.2, 0) is 13.6 Å². The summed E-state index contributed by atoms with van der Waals surface area (Å²) in [6.07, 6.45) is -0.297. The van der Waals surface area contributed by atoms with Gasteiger partial charge in [-0.1, -0.05) is 33.9 Å². The molecule has 18 heavy (non-hydrogen) atoms. The van der Waals surface area contributed by atoms with Gasteiger partial charge in [0.05, 0.1) is 5.92 Å². The van der Waals surface area contributed by atoms with Gasteiger partial charge in [-0.3, -0.25) is 4.79 Å². The molecule has 0 heterocycles. The van der Waals surface area contributed by atoms with Gasteiger partial charge in [0.15, 0.2) is 19.5 Å². The molecule has 0 aromatic rings. The molecule has 0 rings (SSSR count). The minimum absolute atomic E-state index is 0.105. The standard InChI is InChI=1S/C11H27NO4Si2/c1-7(8(6-12)9(13)14)11(2,3)10(15-17-4)16-18-5/h7-8,10H,6,12,17-18H2,1-5H3,(H,13,14)/t7-,8-/m1/s1. The zero-order chi connectivity index (χ0) is 14.3. The maximum absolute atomic E-state index is 11.2. The van der Waals surface area contributed by atoms with Crippen molar-refractivity contribution in [1.29, 1.82) is 0 Å². The van der Waals surface area contributed by atoms with Gasteiger partial charge < -0.3 is 19.7 Å². The zero-order valence-electron chi connectivity index (χ0n) is 12.1. The first-order valence-corrected chi connectivity index (χ1v) is 10.5. The SMILES string of the molecule is C[SiH2]OC(O[SiH2]C)C(C)(C)[C@H](C)[C@@H](CN)C(=O)O. The summed E-state index contributed by atoms with van der Waals surface area (Å²) in [5.74, 6) is -1.52. The number of nitrogens with two attached hydrogens (primary N) is 1. The molecule has 0 aromatic heterocycles. The predicted molar refractivity (Wildman–Crippen MR) is 77.9 cm³/mol. The van der Waals surface area contributed by atoms with E-state index >= 15 is 0 Å². The molecule has 0 radical (unpaired) electrons. The Labute approximate surface area is 114 Å². The second kappa shape index (κ2) is 8.05. The Morgan fingerprint density at radius 3 is 2.06 bits per heavy atom. The van der Waals surface area contributed by atoms with E-state index in [1.54, 1.807) is 0 Å². The van der Waals surface area contributed by atoms with Crippen LogP contribution in [0.4, 0.5) is 0 Å². The van der Waals surface area contributed by atoms with Crippen LogP contribution in [0.15, 0.2) is 0 Å². The van der Waals surface area contributed by atoms with Crippen molar-refractivity contribution in [2.24, 2.45) is 23.0 Å². The van der Waals surface area contributed by atoms with E-state index in [0.717, 1.165) is 0 Å². The number of hydrogen-bond acceptors (Lipinski definition) is 4. The van der Waals surface area contributed by atoms with Crippen LogP contribution in [0.3, 0.4) is 0 Å². The zero-order valence-corrected chi connectivity index (χ0v) is 14.9. The largest absolute Gasteiger partial charge is 0.481 e. The van der Waals surface area contributed by atoms with Crippen LogP contribution >= 0.6 is 0 Å². The molecule has 0 saturated carbocycles. The minimum atomic E-state index is -0.848. The molecular weight excluding hydrogens is 266 g/mol. The Balaban J connectivity index is 4.98. The summed E-state index contributed by atoms with van der Waals surface area (Å²) in [5.41, 5.74) is 5.22. The maximum atomic E-state index is 11.2. The summed E-state index contributed by atoms with van der Waals surface area (Å²) in [6, 6.07) is 0. The molecule has 0 aliphatic rings. The molecule has 2 atom stereocenters. The first kappa shape index (κ1) is 17.8. The molecule has 0 saturated heterocycles. The lowest BCUT2D eigenvalue weighted by Gasteiger charge is -2.41. The van der Waals surface area contributed by atoms with Crippen molar-refractivity contribution in [3.05, 3.63) is 0 Å². The average molecular weight is 294 g/mol.